The van der Waals surface area contributed by atoms with E-state index in [-0.39, 0.29) is 0 Å². The van der Waals surface area contributed by atoms with Crippen LogP contribution >= 0.6 is 11.8 Å². The van der Waals surface area contributed by atoms with Gasteiger partial charge in [0.05, 0.1) is 13.2 Å². The summed E-state index contributed by atoms with van der Waals surface area (Å²) in [6, 6.07) is 19.0. The molecule has 1 aliphatic rings. The lowest BCUT2D eigenvalue weighted by Crippen LogP contribution is -2.07. The Morgan fingerprint density at radius 3 is 2.75 bits per heavy atom. The molecule has 102 valence electrons. The number of hydrogen-bond acceptors (Lipinski definition) is 2. The summed E-state index contributed by atoms with van der Waals surface area (Å²) in [6.45, 7) is 1.49. The molecule has 3 rings (SSSR count). The van der Waals surface area contributed by atoms with Crippen LogP contribution in [-0.4, -0.2) is 19.0 Å². The van der Waals surface area contributed by atoms with E-state index in [2.05, 4.69) is 48.6 Å². The van der Waals surface area contributed by atoms with Crippen molar-refractivity contribution in [2.75, 3.05) is 19.0 Å². The van der Waals surface area contributed by atoms with E-state index in [1.165, 1.54) is 16.0 Å². The number of rotatable bonds is 5. The lowest BCUT2D eigenvalue weighted by molar-refractivity contribution is 0.152. The van der Waals surface area contributed by atoms with E-state index in [9.17, 15) is 0 Å². The zero-order valence-corrected chi connectivity index (χ0v) is 12.2. The minimum absolute atomic E-state index is 0.543. The molecular weight excluding hydrogens is 264 g/mol. The molecule has 1 unspecified atom stereocenters. The number of ether oxygens (including phenoxy) is 1. The highest BCUT2D eigenvalue weighted by molar-refractivity contribution is 7.99. The van der Waals surface area contributed by atoms with Gasteiger partial charge in [0.25, 0.3) is 0 Å². The largest absolute Gasteiger partial charge is 0.377 e. The molecule has 1 heterocycles. The van der Waals surface area contributed by atoms with E-state index in [0.29, 0.717) is 12.5 Å². The summed E-state index contributed by atoms with van der Waals surface area (Å²) in [7, 11) is 0. The third kappa shape index (κ3) is 3.33. The zero-order valence-electron chi connectivity index (χ0n) is 11.4. The van der Waals surface area contributed by atoms with Gasteiger partial charge in [0.15, 0.2) is 0 Å². The van der Waals surface area contributed by atoms with Crippen molar-refractivity contribution >= 4 is 17.8 Å². The molecular formula is C18H18OS. The molecule has 0 saturated carbocycles. The lowest BCUT2D eigenvalue weighted by atomic mass is 10.0. The summed E-state index contributed by atoms with van der Waals surface area (Å²) in [5.41, 5.74) is 2.67. The van der Waals surface area contributed by atoms with Gasteiger partial charge in [0.1, 0.15) is 0 Å². The summed E-state index contributed by atoms with van der Waals surface area (Å²) in [5, 5.41) is 0. The molecule has 0 bridgehead atoms. The molecule has 0 fully saturated rings. The highest BCUT2D eigenvalue weighted by atomic mass is 32.2. The van der Waals surface area contributed by atoms with E-state index in [0.717, 1.165) is 12.4 Å². The summed E-state index contributed by atoms with van der Waals surface area (Å²) >= 11 is 1.94. The van der Waals surface area contributed by atoms with Gasteiger partial charge in [-0.15, -0.1) is 11.8 Å². The minimum atomic E-state index is 0.543. The van der Waals surface area contributed by atoms with Crippen LogP contribution in [0.15, 0.2) is 65.6 Å². The maximum atomic E-state index is 5.80. The van der Waals surface area contributed by atoms with Gasteiger partial charge >= 0.3 is 0 Å². The number of thioether (sulfide) groups is 1. The number of fused-ring (bicyclic) bond motifs is 1. The molecule has 1 atom stereocenters. The molecule has 1 aliphatic heterocycles. The van der Waals surface area contributed by atoms with E-state index >= 15 is 0 Å². The van der Waals surface area contributed by atoms with Crippen molar-refractivity contribution < 1.29 is 4.74 Å². The van der Waals surface area contributed by atoms with Gasteiger partial charge in [-0.3, -0.25) is 0 Å². The van der Waals surface area contributed by atoms with Crippen LogP contribution in [0, 0.1) is 0 Å². The van der Waals surface area contributed by atoms with Crippen molar-refractivity contribution in [1.29, 1.82) is 0 Å². The highest BCUT2D eigenvalue weighted by Gasteiger charge is 2.22. The van der Waals surface area contributed by atoms with Gasteiger partial charge in [-0.05, 0) is 17.2 Å². The Morgan fingerprint density at radius 1 is 1.05 bits per heavy atom. The topological polar surface area (TPSA) is 9.23 Å². The van der Waals surface area contributed by atoms with Gasteiger partial charge < -0.3 is 4.74 Å². The maximum absolute atomic E-state index is 5.80. The Morgan fingerprint density at radius 2 is 1.85 bits per heavy atom. The van der Waals surface area contributed by atoms with Crippen LogP contribution < -0.4 is 0 Å². The lowest BCUT2D eigenvalue weighted by Gasteiger charge is -2.10. The van der Waals surface area contributed by atoms with Crippen LogP contribution in [0.1, 0.15) is 17.0 Å². The molecule has 0 saturated heterocycles. The first kappa shape index (κ1) is 13.5. The standard InChI is InChI=1S/C18H18OS/c1-2-7-15(8-3-1)9-6-12-19-13-16-14-20-18-11-5-4-10-17(16)18/h1-11,16H,12-14H2. The molecule has 0 aliphatic carbocycles. The smallest absolute Gasteiger partial charge is 0.0651 e. The van der Waals surface area contributed by atoms with Crippen molar-refractivity contribution in [1.82, 2.24) is 0 Å². The Bertz CT molecular complexity index is 577. The first-order valence-electron chi connectivity index (χ1n) is 6.94. The molecule has 1 nitrogen and oxygen atoms in total. The molecule has 2 heteroatoms. The molecule has 2 aromatic rings. The van der Waals surface area contributed by atoms with Crippen molar-refractivity contribution in [3.05, 3.63) is 71.8 Å². The van der Waals surface area contributed by atoms with Crippen LogP contribution in [0.25, 0.3) is 6.08 Å². The summed E-state index contributed by atoms with van der Waals surface area (Å²) in [6.07, 6.45) is 4.20. The van der Waals surface area contributed by atoms with E-state index in [1.54, 1.807) is 0 Å². The second kappa shape index (κ2) is 6.78. The third-order valence-electron chi connectivity index (χ3n) is 3.44. The SMILES string of the molecule is C(=Cc1ccccc1)COCC1CSc2ccccc21. The number of benzene rings is 2. The highest BCUT2D eigenvalue weighted by Crippen LogP contribution is 2.39. The average Bonchev–Trinajstić information content (AvgIpc) is 2.91. The van der Waals surface area contributed by atoms with Crippen molar-refractivity contribution in [3.8, 4) is 0 Å². The first-order valence-corrected chi connectivity index (χ1v) is 7.93. The fraction of sp³-hybridized carbons (Fsp3) is 0.222. The van der Waals surface area contributed by atoms with Gasteiger partial charge in [-0.25, -0.2) is 0 Å². The maximum Gasteiger partial charge on any atom is 0.0651 e. The fourth-order valence-corrected chi connectivity index (χ4v) is 3.63. The first-order chi connectivity index (χ1) is 9.93. The van der Waals surface area contributed by atoms with Crippen LogP contribution in [0.3, 0.4) is 0 Å². The van der Waals surface area contributed by atoms with Gasteiger partial charge in [0.2, 0.25) is 0 Å². The van der Waals surface area contributed by atoms with Crippen LogP contribution in [-0.2, 0) is 4.74 Å². The van der Waals surface area contributed by atoms with E-state index in [4.69, 9.17) is 4.74 Å². The van der Waals surface area contributed by atoms with E-state index in [1.807, 2.05) is 30.0 Å². The summed E-state index contributed by atoms with van der Waals surface area (Å²) in [4.78, 5) is 1.42. The zero-order chi connectivity index (χ0) is 13.6. The quantitative estimate of drug-likeness (QED) is 0.741. The Hall–Kier alpha value is -1.51. The molecule has 0 spiro atoms. The van der Waals surface area contributed by atoms with Crippen LogP contribution in [0.2, 0.25) is 0 Å². The predicted molar refractivity (Wildman–Crippen MR) is 86.2 cm³/mol. The third-order valence-corrected chi connectivity index (χ3v) is 4.69. The van der Waals surface area contributed by atoms with Crippen molar-refractivity contribution in [2.45, 2.75) is 10.8 Å². The monoisotopic (exact) mass is 282 g/mol. The van der Waals surface area contributed by atoms with Crippen molar-refractivity contribution in [3.63, 3.8) is 0 Å². The molecule has 0 amide bonds. The van der Waals surface area contributed by atoms with Crippen LogP contribution in [0.4, 0.5) is 0 Å². The summed E-state index contributed by atoms with van der Waals surface area (Å²) in [5.74, 6) is 1.68. The predicted octanol–water partition coefficient (Wildman–Crippen LogP) is 4.61. The Labute approximate surface area is 124 Å². The number of hydrogen-bond donors (Lipinski definition) is 0. The molecule has 0 N–H and O–H groups in total. The fourth-order valence-electron chi connectivity index (χ4n) is 2.39. The minimum Gasteiger partial charge on any atom is -0.377 e. The Kier molecular flexibility index (Phi) is 4.57. The van der Waals surface area contributed by atoms with Gasteiger partial charge in [0, 0.05) is 16.6 Å². The molecule has 2 aromatic carbocycles. The summed E-state index contributed by atoms with van der Waals surface area (Å²) < 4.78 is 5.80. The van der Waals surface area contributed by atoms with Gasteiger partial charge in [-0.2, -0.15) is 0 Å². The molecule has 0 aromatic heterocycles. The molecule has 20 heavy (non-hydrogen) atoms. The second-order valence-corrected chi connectivity index (χ2v) is 5.96. The molecule has 0 radical (unpaired) electrons. The van der Waals surface area contributed by atoms with Gasteiger partial charge in [-0.1, -0.05) is 60.7 Å². The Balaban J connectivity index is 1.46. The second-order valence-electron chi connectivity index (χ2n) is 4.90. The average molecular weight is 282 g/mol. The normalized spacial score (nSPS) is 17.5. The van der Waals surface area contributed by atoms with Crippen LogP contribution in [0.5, 0.6) is 0 Å². The van der Waals surface area contributed by atoms with E-state index < -0.39 is 0 Å². The van der Waals surface area contributed by atoms with Crippen molar-refractivity contribution in [2.24, 2.45) is 0 Å².